The number of hydrogen-bond acceptors (Lipinski definition) is 0. The molecular formula is C11H11BrCl2. The van der Waals surface area contributed by atoms with E-state index in [0.29, 0.717) is 9.85 Å². The van der Waals surface area contributed by atoms with E-state index in [4.69, 9.17) is 23.2 Å². The lowest BCUT2D eigenvalue weighted by atomic mass is 9.81. The van der Waals surface area contributed by atoms with Gasteiger partial charge < -0.3 is 0 Å². The van der Waals surface area contributed by atoms with Crippen molar-refractivity contribution in [1.82, 2.24) is 0 Å². The van der Waals surface area contributed by atoms with Crippen LogP contribution in [-0.2, 0) is 0 Å². The zero-order chi connectivity index (χ0) is 10.1. The molecule has 1 saturated carbocycles. The molecule has 1 aliphatic carbocycles. The highest BCUT2D eigenvalue weighted by Gasteiger charge is 2.27. The smallest absolute Gasteiger partial charge is 0.0464 e. The van der Waals surface area contributed by atoms with Crippen LogP contribution in [-0.4, -0.2) is 0 Å². The first kappa shape index (κ1) is 10.8. The van der Waals surface area contributed by atoms with Gasteiger partial charge in [-0.05, 0) is 36.5 Å². The molecule has 0 amide bonds. The molecule has 0 aliphatic heterocycles. The summed E-state index contributed by atoms with van der Waals surface area (Å²) in [6, 6.07) is 5.73. The molecule has 0 nitrogen and oxygen atoms in total. The fraction of sp³-hybridized carbons (Fsp3) is 0.455. The zero-order valence-electron chi connectivity index (χ0n) is 7.64. The monoisotopic (exact) mass is 292 g/mol. The van der Waals surface area contributed by atoms with Crippen molar-refractivity contribution >= 4 is 39.1 Å². The van der Waals surface area contributed by atoms with E-state index in [9.17, 15) is 0 Å². The van der Waals surface area contributed by atoms with Gasteiger partial charge in [0.15, 0.2) is 0 Å². The average Bonchev–Trinajstić information content (AvgIpc) is 2.00. The van der Waals surface area contributed by atoms with Gasteiger partial charge in [-0.2, -0.15) is 0 Å². The lowest BCUT2D eigenvalue weighted by Gasteiger charge is -2.30. The highest BCUT2D eigenvalue weighted by molar-refractivity contribution is 9.09. The average molecular weight is 294 g/mol. The van der Waals surface area contributed by atoms with Crippen LogP contribution in [0.3, 0.4) is 0 Å². The highest BCUT2D eigenvalue weighted by Crippen LogP contribution is 2.45. The molecule has 2 rings (SSSR count). The summed E-state index contributed by atoms with van der Waals surface area (Å²) < 4.78 is 0. The Morgan fingerprint density at radius 1 is 1.29 bits per heavy atom. The van der Waals surface area contributed by atoms with Crippen molar-refractivity contribution in [3.63, 3.8) is 0 Å². The largest absolute Gasteiger partial charge is 0.0843 e. The van der Waals surface area contributed by atoms with Crippen LogP contribution in [0.2, 0.25) is 10.0 Å². The highest BCUT2D eigenvalue weighted by atomic mass is 79.9. The maximum atomic E-state index is 6.14. The molecule has 1 aromatic carbocycles. The predicted molar refractivity (Wildman–Crippen MR) is 65.5 cm³/mol. The van der Waals surface area contributed by atoms with E-state index in [1.807, 2.05) is 18.2 Å². The van der Waals surface area contributed by atoms with E-state index < -0.39 is 0 Å². The standard InChI is InChI=1S/C11H11BrCl2/c12-11(7-2-1-3-7)9-5-4-8(13)6-10(9)14/h4-7,11H,1-3H2. The van der Waals surface area contributed by atoms with Crippen LogP contribution in [0.1, 0.15) is 29.7 Å². The van der Waals surface area contributed by atoms with Crippen LogP contribution in [0.25, 0.3) is 0 Å². The molecular weight excluding hydrogens is 283 g/mol. The predicted octanol–water partition coefficient (Wildman–Crippen LogP) is 5.23. The third-order valence-corrected chi connectivity index (χ3v) is 4.63. The van der Waals surface area contributed by atoms with E-state index in [1.165, 1.54) is 24.8 Å². The van der Waals surface area contributed by atoms with Crippen LogP contribution in [0.4, 0.5) is 0 Å². The second-order valence-corrected chi connectivity index (χ2v) is 5.59. The minimum absolute atomic E-state index is 0.390. The Bertz CT molecular complexity index is 334. The van der Waals surface area contributed by atoms with Crippen LogP contribution in [0.5, 0.6) is 0 Å². The minimum Gasteiger partial charge on any atom is -0.0843 e. The molecule has 0 bridgehead atoms. The summed E-state index contributed by atoms with van der Waals surface area (Å²) in [5, 5.41) is 1.47. The van der Waals surface area contributed by atoms with E-state index in [-0.39, 0.29) is 0 Å². The Labute approximate surface area is 103 Å². The van der Waals surface area contributed by atoms with Gasteiger partial charge in [-0.25, -0.2) is 0 Å². The normalized spacial score (nSPS) is 19.1. The van der Waals surface area contributed by atoms with Crippen LogP contribution in [0, 0.1) is 5.92 Å². The molecule has 76 valence electrons. The molecule has 1 aromatic rings. The Kier molecular flexibility index (Phi) is 3.41. The quantitative estimate of drug-likeness (QED) is 0.655. The Hall–Kier alpha value is 0.280. The lowest BCUT2D eigenvalue weighted by Crippen LogP contribution is -2.16. The van der Waals surface area contributed by atoms with Crippen LogP contribution < -0.4 is 0 Å². The topological polar surface area (TPSA) is 0 Å². The van der Waals surface area contributed by atoms with Gasteiger partial charge in [0, 0.05) is 14.9 Å². The molecule has 14 heavy (non-hydrogen) atoms. The second kappa shape index (κ2) is 4.42. The van der Waals surface area contributed by atoms with Gasteiger partial charge in [0.2, 0.25) is 0 Å². The van der Waals surface area contributed by atoms with Crippen molar-refractivity contribution in [3.8, 4) is 0 Å². The molecule has 1 unspecified atom stereocenters. The Morgan fingerprint density at radius 2 is 2.00 bits per heavy atom. The summed E-state index contributed by atoms with van der Waals surface area (Å²) in [5.74, 6) is 0.744. The zero-order valence-corrected chi connectivity index (χ0v) is 10.7. The summed E-state index contributed by atoms with van der Waals surface area (Å²) >= 11 is 15.7. The maximum Gasteiger partial charge on any atom is 0.0464 e. The van der Waals surface area contributed by atoms with Crippen molar-refractivity contribution in [2.24, 2.45) is 5.92 Å². The minimum atomic E-state index is 0.390. The molecule has 1 atom stereocenters. The molecule has 0 radical (unpaired) electrons. The van der Waals surface area contributed by atoms with Crippen molar-refractivity contribution in [2.75, 3.05) is 0 Å². The van der Waals surface area contributed by atoms with Crippen molar-refractivity contribution < 1.29 is 0 Å². The summed E-state index contributed by atoms with van der Waals surface area (Å²) in [7, 11) is 0. The molecule has 0 saturated heterocycles. The van der Waals surface area contributed by atoms with Gasteiger partial charge in [-0.3, -0.25) is 0 Å². The van der Waals surface area contributed by atoms with E-state index in [1.54, 1.807) is 0 Å². The van der Waals surface area contributed by atoms with Crippen molar-refractivity contribution in [1.29, 1.82) is 0 Å². The van der Waals surface area contributed by atoms with Crippen LogP contribution in [0.15, 0.2) is 18.2 Å². The summed E-state index contributed by atoms with van der Waals surface area (Å²) in [6.07, 6.45) is 3.95. The van der Waals surface area contributed by atoms with Gasteiger partial charge in [-0.1, -0.05) is 51.6 Å². The fourth-order valence-electron chi connectivity index (χ4n) is 1.71. The molecule has 0 N–H and O–H groups in total. The van der Waals surface area contributed by atoms with Crippen molar-refractivity contribution in [2.45, 2.75) is 24.1 Å². The van der Waals surface area contributed by atoms with Gasteiger partial charge in [-0.15, -0.1) is 0 Å². The number of halogens is 3. The lowest BCUT2D eigenvalue weighted by molar-refractivity contribution is 0.312. The third-order valence-electron chi connectivity index (χ3n) is 2.82. The Morgan fingerprint density at radius 3 is 2.50 bits per heavy atom. The van der Waals surface area contributed by atoms with Crippen molar-refractivity contribution in [3.05, 3.63) is 33.8 Å². The van der Waals surface area contributed by atoms with Gasteiger partial charge >= 0.3 is 0 Å². The Balaban J connectivity index is 2.22. The molecule has 1 aliphatic rings. The molecule has 1 fully saturated rings. The maximum absolute atomic E-state index is 6.14. The van der Waals surface area contributed by atoms with Gasteiger partial charge in [0.05, 0.1) is 0 Å². The summed E-state index contributed by atoms with van der Waals surface area (Å²) in [5.41, 5.74) is 1.17. The number of alkyl halides is 1. The van der Waals surface area contributed by atoms with E-state index >= 15 is 0 Å². The molecule has 0 spiro atoms. The number of benzene rings is 1. The first-order valence-electron chi connectivity index (χ1n) is 4.77. The number of hydrogen-bond donors (Lipinski definition) is 0. The first-order valence-corrected chi connectivity index (χ1v) is 6.44. The summed E-state index contributed by atoms with van der Waals surface area (Å²) in [4.78, 5) is 0.390. The first-order chi connectivity index (χ1) is 6.68. The fourth-order valence-corrected chi connectivity index (χ4v) is 3.30. The molecule has 3 heteroatoms. The third kappa shape index (κ3) is 2.10. The van der Waals surface area contributed by atoms with Gasteiger partial charge in [0.25, 0.3) is 0 Å². The SMILES string of the molecule is Clc1ccc(C(Br)C2CCC2)c(Cl)c1. The van der Waals surface area contributed by atoms with Crippen LogP contribution >= 0.6 is 39.1 Å². The van der Waals surface area contributed by atoms with E-state index in [2.05, 4.69) is 15.9 Å². The molecule has 0 heterocycles. The van der Waals surface area contributed by atoms with Gasteiger partial charge in [0.1, 0.15) is 0 Å². The summed E-state index contributed by atoms with van der Waals surface area (Å²) in [6.45, 7) is 0. The molecule has 0 aromatic heterocycles. The second-order valence-electron chi connectivity index (χ2n) is 3.76. The number of rotatable bonds is 2. The van der Waals surface area contributed by atoms with E-state index in [0.717, 1.165) is 10.9 Å².